The van der Waals surface area contributed by atoms with Crippen LogP contribution in [0.3, 0.4) is 0 Å². The van der Waals surface area contributed by atoms with Crippen LogP contribution in [0.4, 0.5) is 5.69 Å². The van der Waals surface area contributed by atoms with E-state index < -0.39 is 0 Å². The summed E-state index contributed by atoms with van der Waals surface area (Å²) in [4.78, 5) is 2.47. The lowest BCUT2D eigenvalue weighted by molar-refractivity contribution is 0.581. The van der Waals surface area contributed by atoms with E-state index in [9.17, 15) is 0 Å². The Morgan fingerprint density at radius 1 is 1.40 bits per heavy atom. The molecule has 0 spiro atoms. The van der Waals surface area contributed by atoms with Crippen LogP contribution in [0.25, 0.3) is 0 Å². The van der Waals surface area contributed by atoms with Crippen molar-refractivity contribution < 1.29 is 0 Å². The number of anilines is 1. The van der Waals surface area contributed by atoms with Gasteiger partial charge in [-0.05, 0) is 24.5 Å². The monoisotopic (exact) mass is 204 g/mol. The van der Waals surface area contributed by atoms with Crippen molar-refractivity contribution in [3.8, 4) is 0 Å². The molecule has 1 aliphatic heterocycles. The Bertz CT molecular complexity index is 322. The van der Waals surface area contributed by atoms with E-state index >= 15 is 0 Å². The van der Waals surface area contributed by atoms with Gasteiger partial charge in [-0.25, -0.2) is 0 Å². The summed E-state index contributed by atoms with van der Waals surface area (Å²) in [6.45, 7) is 4.51. The number of fused-ring (bicyclic) bond motifs is 1. The predicted octanol–water partition coefficient (Wildman–Crippen LogP) is 2.70. The minimum absolute atomic E-state index is 0.235. The van der Waals surface area contributed by atoms with E-state index in [1.807, 2.05) is 0 Å². The van der Waals surface area contributed by atoms with Gasteiger partial charge in [-0.1, -0.05) is 31.5 Å². The van der Waals surface area contributed by atoms with Crippen LogP contribution in [0.5, 0.6) is 0 Å². The first-order chi connectivity index (χ1) is 7.33. The summed E-state index contributed by atoms with van der Waals surface area (Å²) in [5, 5.41) is 0. The number of nitrogens with zero attached hydrogens (tertiary/aromatic N) is 1. The highest BCUT2D eigenvalue weighted by Gasteiger charge is 2.21. The molecule has 0 saturated carbocycles. The molecule has 0 amide bonds. The lowest BCUT2D eigenvalue weighted by atomic mass is 9.97. The maximum Gasteiger partial charge on any atom is 0.0414 e. The molecule has 0 fully saturated rings. The molecule has 2 nitrogen and oxygen atoms in total. The fourth-order valence-electron chi connectivity index (χ4n) is 2.24. The van der Waals surface area contributed by atoms with E-state index in [0.29, 0.717) is 0 Å². The highest BCUT2D eigenvalue weighted by atomic mass is 15.1. The van der Waals surface area contributed by atoms with Crippen molar-refractivity contribution in [2.24, 2.45) is 5.73 Å². The molecule has 2 N–H and O–H groups in total. The number of para-hydroxylation sites is 1. The minimum Gasteiger partial charge on any atom is -0.371 e. The van der Waals surface area contributed by atoms with Gasteiger partial charge in [0.05, 0.1) is 0 Å². The Labute approximate surface area is 92.1 Å². The van der Waals surface area contributed by atoms with Crippen molar-refractivity contribution in [2.45, 2.75) is 32.2 Å². The molecular weight excluding hydrogens is 184 g/mol. The molecule has 1 aliphatic rings. The number of rotatable bonds is 3. The molecule has 1 heterocycles. The smallest absolute Gasteiger partial charge is 0.0414 e. The van der Waals surface area contributed by atoms with Crippen molar-refractivity contribution in [3.05, 3.63) is 29.8 Å². The third-order valence-corrected chi connectivity index (χ3v) is 3.17. The summed E-state index contributed by atoms with van der Waals surface area (Å²) in [6.07, 6.45) is 3.61. The number of hydrogen-bond acceptors (Lipinski definition) is 2. The second-order valence-corrected chi connectivity index (χ2v) is 4.29. The van der Waals surface area contributed by atoms with E-state index in [-0.39, 0.29) is 6.04 Å². The fourth-order valence-corrected chi connectivity index (χ4v) is 2.24. The van der Waals surface area contributed by atoms with E-state index in [0.717, 1.165) is 13.0 Å². The SMILES string of the molecule is CCCCN1CCC(N)c2ccccc21. The molecule has 1 unspecified atom stereocenters. The molecule has 1 aromatic rings. The molecule has 1 aromatic carbocycles. The second-order valence-electron chi connectivity index (χ2n) is 4.29. The van der Waals surface area contributed by atoms with Crippen LogP contribution in [-0.2, 0) is 0 Å². The molecular formula is C13H20N2. The molecule has 0 bridgehead atoms. The number of nitrogens with two attached hydrogens (primary N) is 1. The normalized spacial score (nSPS) is 20.1. The van der Waals surface area contributed by atoms with Gasteiger partial charge in [0, 0.05) is 24.8 Å². The van der Waals surface area contributed by atoms with Crippen LogP contribution >= 0.6 is 0 Å². The number of hydrogen-bond donors (Lipinski definition) is 1. The Kier molecular flexibility index (Phi) is 3.27. The van der Waals surface area contributed by atoms with E-state index in [1.165, 1.54) is 30.6 Å². The van der Waals surface area contributed by atoms with Crippen LogP contribution in [0.1, 0.15) is 37.8 Å². The van der Waals surface area contributed by atoms with Crippen LogP contribution in [0.2, 0.25) is 0 Å². The third-order valence-electron chi connectivity index (χ3n) is 3.17. The third kappa shape index (κ3) is 2.15. The Hall–Kier alpha value is -1.02. The molecule has 1 atom stereocenters. The lowest BCUT2D eigenvalue weighted by Crippen LogP contribution is -2.34. The van der Waals surface area contributed by atoms with Gasteiger partial charge in [0.2, 0.25) is 0 Å². The van der Waals surface area contributed by atoms with Crippen molar-refractivity contribution in [2.75, 3.05) is 18.0 Å². The lowest BCUT2D eigenvalue weighted by Gasteiger charge is -2.34. The van der Waals surface area contributed by atoms with Gasteiger partial charge in [0.25, 0.3) is 0 Å². The van der Waals surface area contributed by atoms with Crippen molar-refractivity contribution in [1.82, 2.24) is 0 Å². The summed E-state index contributed by atoms with van der Waals surface area (Å²) < 4.78 is 0. The van der Waals surface area contributed by atoms with Gasteiger partial charge in [0.1, 0.15) is 0 Å². The summed E-state index contributed by atoms with van der Waals surface area (Å²) in [5.41, 5.74) is 8.78. The predicted molar refractivity (Wildman–Crippen MR) is 65.1 cm³/mol. The van der Waals surface area contributed by atoms with Gasteiger partial charge < -0.3 is 10.6 Å². The highest BCUT2D eigenvalue weighted by Crippen LogP contribution is 2.31. The molecule has 2 heteroatoms. The maximum atomic E-state index is 6.11. The average molecular weight is 204 g/mol. The number of unbranched alkanes of at least 4 members (excludes halogenated alkanes) is 1. The molecule has 0 radical (unpaired) electrons. The standard InChI is InChI=1S/C13H20N2/c1-2-3-9-15-10-8-12(14)11-6-4-5-7-13(11)15/h4-7,12H,2-3,8-10,14H2,1H3. The average Bonchev–Trinajstić information content (AvgIpc) is 2.29. The summed E-state index contributed by atoms with van der Waals surface area (Å²) in [5.74, 6) is 0. The second kappa shape index (κ2) is 4.67. The molecule has 0 saturated heterocycles. The maximum absolute atomic E-state index is 6.11. The fraction of sp³-hybridized carbons (Fsp3) is 0.538. The first-order valence-electron chi connectivity index (χ1n) is 5.92. The zero-order valence-electron chi connectivity index (χ0n) is 9.45. The van der Waals surface area contributed by atoms with Crippen LogP contribution in [0.15, 0.2) is 24.3 Å². The highest BCUT2D eigenvalue weighted by molar-refractivity contribution is 5.56. The van der Waals surface area contributed by atoms with E-state index in [1.54, 1.807) is 0 Å². The van der Waals surface area contributed by atoms with Gasteiger partial charge >= 0.3 is 0 Å². The van der Waals surface area contributed by atoms with Crippen molar-refractivity contribution in [3.63, 3.8) is 0 Å². The Morgan fingerprint density at radius 3 is 3.00 bits per heavy atom. The van der Waals surface area contributed by atoms with Crippen LogP contribution in [-0.4, -0.2) is 13.1 Å². The summed E-state index contributed by atoms with van der Waals surface area (Å²) in [6, 6.07) is 8.79. The number of benzene rings is 1. The van der Waals surface area contributed by atoms with Crippen molar-refractivity contribution >= 4 is 5.69 Å². The molecule has 15 heavy (non-hydrogen) atoms. The van der Waals surface area contributed by atoms with Crippen LogP contribution in [0, 0.1) is 0 Å². The zero-order chi connectivity index (χ0) is 10.7. The first kappa shape index (κ1) is 10.5. The van der Waals surface area contributed by atoms with Gasteiger partial charge in [0.15, 0.2) is 0 Å². The Morgan fingerprint density at radius 2 is 2.20 bits per heavy atom. The molecule has 82 valence electrons. The quantitative estimate of drug-likeness (QED) is 0.820. The van der Waals surface area contributed by atoms with Gasteiger partial charge in [-0.15, -0.1) is 0 Å². The van der Waals surface area contributed by atoms with E-state index in [2.05, 4.69) is 36.1 Å². The molecule has 0 aliphatic carbocycles. The first-order valence-corrected chi connectivity index (χ1v) is 5.92. The van der Waals surface area contributed by atoms with Gasteiger partial charge in [-0.3, -0.25) is 0 Å². The van der Waals surface area contributed by atoms with Crippen LogP contribution < -0.4 is 10.6 Å². The summed E-state index contributed by atoms with van der Waals surface area (Å²) in [7, 11) is 0. The summed E-state index contributed by atoms with van der Waals surface area (Å²) >= 11 is 0. The zero-order valence-corrected chi connectivity index (χ0v) is 9.45. The van der Waals surface area contributed by atoms with Gasteiger partial charge in [-0.2, -0.15) is 0 Å². The molecule has 2 rings (SSSR count). The molecule has 0 aromatic heterocycles. The topological polar surface area (TPSA) is 29.3 Å². The minimum atomic E-state index is 0.235. The largest absolute Gasteiger partial charge is 0.371 e. The van der Waals surface area contributed by atoms with Crippen molar-refractivity contribution in [1.29, 1.82) is 0 Å². The van der Waals surface area contributed by atoms with E-state index in [4.69, 9.17) is 5.73 Å². The Balaban J connectivity index is 2.20.